The molecular formula is C17H26O3. The predicted octanol–water partition coefficient (Wildman–Crippen LogP) is 3.48. The van der Waals surface area contributed by atoms with Crippen molar-refractivity contribution in [3.8, 4) is 0 Å². The molecule has 112 valence electrons. The topological polar surface area (TPSA) is 35.5 Å². The molecule has 0 aromatic carbocycles. The third-order valence-electron chi connectivity index (χ3n) is 5.64. The quantitative estimate of drug-likeness (QED) is 0.573. The van der Waals surface area contributed by atoms with E-state index >= 15 is 0 Å². The molecule has 20 heavy (non-hydrogen) atoms. The van der Waals surface area contributed by atoms with Gasteiger partial charge >= 0.3 is 5.97 Å². The molecule has 0 aromatic heterocycles. The van der Waals surface area contributed by atoms with Crippen molar-refractivity contribution in [3.05, 3.63) is 12.2 Å². The van der Waals surface area contributed by atoms with E-state index in [2.05, 4.69) is 19.1 Å². The maximum Gasteiger partial charge on any atom is 0.308 e. The minimum Gasteiger partial charge on any atom is -0.469 e. The highest BCUT2D eigenvalue weighted by molar-refractivity contribution is 5.70. The first-order valence-electron chi connectivity index (χ1n) is 8.05. The van der Waals surface area contributed by atoms with E-state index in [4.69, 9.17) is 9.47 Å². The number of hydrogen-bond donors (Lipinski definition) is 0. The van der Waals surface area contributed by atoms with Crippen LogP contribution >= 0.6 is 0 Å². The first-order chi connectivity index (χ1) is 9.64. The van der Waals surface area contributed by atoms with Crippen molar-refractivity contribution in [2.75, 3.05) is 7.11 Å². The molecule has 0 amide bonds. The minimum atomic E-state index is -0.346. The Kier molecular flexibility index (Phi) is 3.89. The van der Waals surface area contributed by atoms with Gasteiger partial charge in [0.05, 0.1) is 25.2 Å². The zero-order chi connectivity index (χ0) is 14.2. The van der Waals surface area contributed by atoms with Crippen LogP contribution in [0.4, 0.5) is 0 Å². The van der Waals surface area contributed by atoms with Crippen molar-refractivity contribution in [3.63, 3.8) is 0 Å². The molecule has 3 aliphatic rings. The number of carbonyl (C=O) groups excluding carboxylic acids is 1. The molecule has 3 rings (SSSR count). The number of fused-ring (bicyclic) bond motifs is 3. The van der Waals surface area contributed by atoms with Crippen molar-refractivity contribution in [2.24, 2.45) is 17.8 Å². The Morgan fingerprint density at radius 1 is 1.35 bits per heavy atom. The van der Waals surface area contributed by atoms with Gasteiger partial charge in [-0.25, -0.2) is 0 Å². The normalized spacial score (nSPS) is 43.5. The molecule has 3 heteroatoms. The number of esters is 1. The van der Waals surface area contributed by atoms with Crippen molar-refractivity contribution >= 4 is 5.97 Å². The van der Waals surface area contributed by atoms with Crippen molar-refractivity contribution < 1.29 is 14.3 Å². The summed E-state index contributed by atoms with van der Waals surface area (Å²) in [5.41, 5.74) is -0.346. The monoisotopic (exact) mass is 278 g/mol. The summed E-state index contributed by atoms with van der Waals surface area (Å²) in [6.07, 6.45) is 12.7. The molecule has 1 aliphatic heterocycles. The van der Waals surface area contributed by atoms with Crippen LogP contribution in [0.15, 0.2) is 12.2 Å². The SMILES string of the molecule is COC(=O)C[C@@]1(C)O[C@H]2CCCC[C@@H]2[C@@H]2C=CCC[C@@H]21. The summed E-state index contributed by atoms with van der Waals surface area (Å²) in [4.78, 5) is 11.8. The van der Waals surface area contributed by atoms with E-state index in [1.165, 1.54) is 26.4 Å². The van der Waals surface area contributed by atoms with Crippen LogP contribution in [0.3, 0.4) is 0 Å². The van der Waals surface area contributed by atoms with E-state index in [1.54, 1.807) is 0 Å². The average Bonchev–Trinajstić information content (AvgIpc) is 2.47. The van der Waals surface area contributed by atoms with Crippen LogP contribution in [-0.4, -0.2) is 24.8 Å². The lowest BCUT2D eigenvalue weighted by molar-refractivity contribution is -0.213. The largest absolute Gasteiger partial charge is 0.469 e. The van der Waals surface area contributed by atoms with E-state index in [1.807, 2.05) is 0 Å². The minimum absolute atomic E-state index is 0.143. The Labute approximate surface area is 121 Å². The predicted molar refractivity (Wildman–Crippen MR) is 77.2 cm³/mol. The Hall–Kier alpha value is -0.830. The zero-order valence-electron chi connectivity index (χ0n) is 12.6. The summed E-state index contributed by atoms with van der Waals surface area (Å²) >= 11 is 0. The Bertz CT molecular complexity index is 403. The van der Waals surface area contributed by atoms with Gasteiger partial charge < -0.3 is 9.47 Å². The number of allylic oxidation sites excluding steroid dienone is 2. The van der Waals surface area contributed by atoms with Crippen LogP contribution in [-0.2, 0) is 14.3 Å². The van der Waals surface area contributed by atoms with Gasteiger partial charge in [-0.1, -0.05) is 25.0 Å². The van der Waals surface area contributed by atoms with Gasteiger partial charge in [-0.2, -0.15) is 0 Å². The van der Waals surface area contributed by atoms with Crippen molar-refractivity contribution in [2.45, 2.75) is 63.6 Å². The molecule has 0 unspecified atom stereocenters. The molecule has 0 bridgehead atoms. The van der Waals surface area contributed by atoms with E-state index in [9.17, 15) is 4.79 Å². The van der Waals surface area contributed by atoms with Crippen LogP contribution in [0.1, 0.15) is 51.9 Å². The number of hydrogen-bond acceptors (Lipinski definition) is 3. The van der Waals surface area contributed by atoms with Gasteiger partial charge in [0.1, 0.15) is 0 Å². The van der Waals surface area contributed by atoms with Gasteiger partial charge in [0.2, 0.25) is 0 Å². The second kappa shape index (κ2) is 5.51. The third-order valence-corrected chi connectivity index (χ3v) is 5.64. The fraction of sp³-hybridized carbons (Fsp3) is 0.824. The third kappa shape index (κ3) is 2.41. The fourth-order valence-electron chi connectivity index (χ4n) is 4.69. The zero-order valence-corrected chi connectivity index (χ0v) is 12.6. The number of ether oxygens (including phenoxy) is 2. The molecule has 2 aliphatic carbocycles. The number of rotatable bonds is 2. The molecule has 2 fully saturated rings. The first kappa shape index (κ1) is 14.1. The maximum atomic E-state index is 11.8. The summed E-state index contributed by atoms with van der Waals surface area (Å²) in [5, 5.41) is 0. The Morgan fingerprint density at radius 2 is 2.15 bits per heavy atom. The van der Waals surface area contributed by atoms with Crippen LogP contribution < -0.4 is 0 Å². The molecule has 1 heterocycles. The second-order valence-electron chi connectivity index (χ2n) is 6.86. The Morgan fingerprint density at radius 3 is 2.95 bits per heavy atom. The van der Waals surface area contributed by atoms with E-state index in [0.29, 0.717) is 30.3 Å². The summed E-state index contributed by atoms with van der Waals surface area (Å²) in [6.45, 7) is 2.13. The van der Waals surface area contributed by atoms with Gasteiger partial charge in [-0.15, -0.1) is 0 Å². The lowest BCUT2D eigenvalue weighted by Crippen LogP contribution is -2.56. The lowest BCUT2D eigenvalue weighted by Gasteiger charge is -2.54. The van der Waals surface area contributed by atoms with Gasteiger partial charge in [0.25, 0.3) is 0 Å². The highest BCUT2D eigenvalue weighted by atomic mass is 16.5. The van der Waals surface area contributed by atoms with Crippen LogP contribution in [0, 0.1) is 17.8 Å². The molecule has 1 saturated heterocycles. The standard InChI is InChI=1S/C17H26O3/c1-17(11-16(18)19-2)14-9-5-3-7-12(14)13-8-4-6-10-15(13)20-17/h3,7,12-15H,4-6,8-11H2,1-2H3/t12-,13+,14-,15-,17+/m0/s1. The number of carbonyl (C=O) groups is 1. The highest BCUT2D eigenvalue weighted by Gasteiger charge is 2.52. The van der Waals surface area contributed by atoms with E-state index in [-0.39, 0.29) is 11.6 Å². The first-order valence-corrected chi connectivity index (χ1v) is 8.05. The molecule has 0 N–H and O–H groups in total. The molecule has 0 aromatic rings. The summed E-state index contributed by atoms with van der Waals surface area (Å²) in [7, 11) is 1.47. The molecule has 3 nitrogen and oxygen atoms in total. The Balaban J connectivity index is 1.87. The highest BCUT2D eigenvalue weighted by Crippen LogP contribution is 2.51. The summed E-state index contributed by atoms with van der Waals surface area (Å²) in [5.74, 6) is 1.58. The molecule has 0 radical (unpaired) electrons. The molecule has 0 spiro atoms. The molecular weight excluding hydrogens is 252 g/mol. The second-order valence-corrected chi connectivity index (χ2v) is 6.86. The van der Waals surface area contributed by atoms with Gasteiger partial charge in [-0.3, -0.25) is 4.79 Å². The maximum absolute atomic E-state index is 11.8. The van der Waals surface area contributed by atoms with Gasteiger partial charge in [0, 0.05) is 0 Å². The summed E-state index contributed by atoms with van der Waals surface area (Å²) < 4.78 is 11.4. The van der Waals surface area contributed by atoms with Crippen molar-refractivity contribution in [1.82, 2.24) is 0 Å². The van der Waals surface area contributed by atoms with Gasteiger partial charge in [-0.05, 0) is 50.4 Å². The van der Waals surface area contributed by atoms with Crippen LogP contribution in [0.25, 0.3) is 0 Å². The average molecular weight is 278 g/mol. The molecule has 5 atom stereocenters. The van der Waals surface area contributed by atoms with Gasteiger partial charge in [0.15, 0.2) is 0 Å². The van der Waals surface area contributed by atoms with E-state index in [0.717, 1.165) is 19.3 Å². The van der Waals surface area contributed by atoms with E-state index < -0.39 is 0 Å². The summed E-state index contributed by atoms with van der Waals surface area (Å²) in [6, 6.07) is 0. The number of methoxy groups -OCH3 is 1. The van der Waals surface area contributed by atoms with Crippen LogP contribution in [0.2, 0.25) is 0 Å². The lowest BCUT2D eigenvalue weighted by atomic mass is 9.61. The fourth-order valence-corrected chi connectivity index (χ4v) is 4.69. The molecule has 1 saturated carbocycles. The van der Waals surface area contributed by atoms with Crippen molar-refractivity contribution in [1.29, 1.82) is 0 Å². The smallest absolute Gasteiger partial charge is 0.308 e. The van der Waals surface area contributed by atoms with Crippen LogP contribution in [0.5, 0.6) is 0 Å².